The molecule has 11 heavy (non-hydrogen) atoms. The zero-order valence-electron chi connectivity index (χ0n) is 8.18. The third kappa shape index (κ3) is 9.54. The van der Waals surface area contributed by atoms with E-state index in [2.05, 4.69) is 33.8 Å². The van der Waals surface area contributed by atoms with Crippen LogP contribution in [0, 0.1) is 0 Å². The fraction of sp³-hybridized carbons (Fsp3) is 0.800. The van der Waals surface area contributed by atoms with Crippen LogP contribution in [-0.4, -0.2) is 5.60 Å². The van der Waals surface area contributed by atoms with Crippen LogP contribution in [0.25, 0.3) is 0 Å². The van der Waals surface area contributed by atoms with Gasteiger partial charge in [-0.15, -0.1) is 0 Å². The van der Waals surface area contributed by atoms with Crippen LogP contribution in [0.2, 0.25) is 0 Å². The van der Waals surface area contributed by atoms with E-state index in [1.165, 1.54) is 12.8 Å². The van der Waals surface area contributed by atoms with Gasteiger partial charge in [-0.2, -0.15) is 0 Å². The maximum atomic E-state index is 5.40. The molecule has 0 fully saturated rings. The van der Waals surface area contributed by atoms with Crippen molar-refractivity contribution in [1.29, 1.82) is 0 Å². The highest BCUT2D eigenvalue weighted by Gasteiger charge is 2.06. The first kappa shape index (κ1) is 10.5. The lowest BCUT2D eigenvalue weighted by atomic mass is 10.2. The molecule has 0 aromatic heterocycles. The molecule has 0 aromatic carbocycles. The maximum Gasteiger partial charge on any atom is 0.0998 e. The summed E-state index contributed by atoms with van der Waals surface area (Å²) in [4.78, 5) is 0. The Labute approximate surface area is 70.4 Å². The van der Waals surface area contributed by atoms with Crippen LogP contribution in [0.15, 0.2) is 12.3 Å². The van der Waals surface area contributed by atoms with Crippen molar-refractivity contribution in [2.75, 3.05) is 0 Å². The molecule has 0 rings (SSSR count). The van der Waals surface area contributed by atoms with E-state index in [-0.39, 0.29) is 5.60 Å². The Hall–Kier alpha value is -0.460. The predicted molar refractivity (Wildman–Crippen MR) is 49.5 cm³/mol. The first-order valence-corrected chi connectivity index (χ1v) is 4.39. The highest BCUT2D eigenvalue weighted by atomic mass is 16.5. The molecule has 0 unspecified atom stereocenters. The van der Waals surface area contributed by atoms with Gasteiger partial charge in [0.25, 0.3) is 0 Å². The molecule has 0 heterocycles. The summed E-state index contributed by atoms with van der Waals surface area (Å²) in [6.45, 7) is 8.35. The Morgan fingerprint density at radius 3 is 2.36 bits per heavy atom. The second-order valence-corrected chi connectivity index (χ2v) is 3.74. The lowest BCUT2D eigenvalue weighted by Gasteiger charge is -2.17. The lowest BCUT2D eigenvalue weighted by molar-refractivity contribution is 0.0761. The van der Waals surface area contributed by atoms with E-state index < -0.39 is 0 Å². The Bertz CT molecular complexity index is 109. The van der Waals surface area contributed by atoms with Gasteiger partial charge < -0.3 is 4.74 Å². The van der Waals surface area contributed by atoms with Crippen molar-refractivity contribution in [2.24, 2.45) is 0 Å². The fourth-order valence-electron chi connectivity index (χ4n) is 0.642. The summed E-state index contributed by atoms with van der Waals surface area (Å²) in [6.07, 6.45) is 7.54. The average molecular weight is 156 g/mol. The fourth-order valence-corrected chi connectivity index (χ4v) is 0.642. The summed E-state index contributed by atoms with van der Waals surface area (Å²) in [5.74, 6) is 0. The Kier molecular flexibility index (Phi) is 5.01. The molecule has 0 saturated heterocycles. The largest absolute Gasteiger partial charge is 0.496 e. The lowest BCUT2D eigenvalue weighted by Crippen LogP contribution is -2.15. The summed E-state index contributed by atoms with van der Waals surface area (Å²) in [7, 11) is 0. The van der Waals surface area contributed by atoms with Gasteiger partial charge in [0.2, 0.25) is 0 Å². The van der Waals surface area contributed by atoms with Crippen LogP contribution in [0.3, 0.4) is 0 Å². The van der Waals surface area contributed by atoms with Crippen molar-refractivity contribution >= 4 is 0 Å². The van der Waals surface area contributed by atoms with Gasteiger partial charge in [0.1, 0.15) is 0 Å². The van der Waals surface area contributed by atoms with Gasteiger partial charge in [0, 0.05) is 0 Å². The number of ether oxygens (including phenoxy) is 1. The first-order chi connectivity index (χ1) is 5.06. The van der Waals surface area contributed by atoms with E-state index in [9.17, 15) is 0 Å². The SMILES string of the molecule is CCCC/C=C\OC(C)(C)C. The Balaban J connectivity index is 3.30. The van der Waals surface area contributed by atoms with Gasteiger partial charge in [0.05, 0.1) is 11.9 Å². The van der Waals surface area contributed by atoms with Crippen LogP contribution in [0.4, 0.5) is 0 Å². The zero-order chi connectivity index (χ0) is 8.74. The van der Waals surface area contributed by atoms with Crippen LogP contribution in [0.1, 0.15) is 47.0 Å². The number of hydrogen-bond donors (Lipinski definition) is 0. The second kappa shape index (κ2) is 5.22. The summed E-state index contributed by atoms with van der Waals surface area (Å²) >= 11 is 0. The third-order valence-electron chi connectivity index (χ3n) is 1.24. The second-order valence-electron chi connectivity index (χ2n) is 3.74. The molecule has 0 saturated carbocycles. The molecular formula is C10H20O. The van der Waals surface area contributed by atoms with Gasteiger partial charge >= 0.3 is 0 Å². The van der Waals surface area contributed by atoms with E-state index in [4.69, 9.17) is 4.74 Å². The van der Waals surface area contributed by atoms with Gasteiger partial charge in [-0.1, -0.05) is 13.3 Å². The number of hydrogen-bond acceptors (Lipinski definition) is 1. The van der Waals surface area contributed by atoms with E-state index in [0.717, 1.165) is 6.42 Å². The molecule has 1 heteroatoms. The Morgan fingerprint density at radius 1 is 1.27 bits per heavy atom. The van der Waals surface area contributed by atoms with Crippen LogP contribution < -0.4 is 0 Å². The highest BCUT2D eigenvalue weighted by molar-refractivity contribution is 4.76. The molecule has 1 nitrogen and oxygen atoms in total. The summed E-state index contributed by atoms with van der Waals surface area (Å²) in [5, 5.41) is 0. The molecule has 0 amide bonds. The third-order valence-corrected chi connectivity index (χ3v) is 1.24. The molecular weight excluding hydrogens is 136 g/mol. The van der Waals surface area contributed by atoms with Crippen molar-refractivity contribution in [3.8, 4) is 0 Å². The van der Waals surface area contributed by atoms with Gasteiger partial charge in [-0.25, -0.2) is 0 Å². The molecule has 0 radical (unpaired) electrons. The normalized spacial score (nSPS) is 12.4. The summed E-state index contributed by atoms with van der Waals surface area (Å²) in [6, 6.07) is 0. The topological polar surface area (TPSA) is 9.23 Å². The van der Waals surface area contributed by atoms with E-state index in [0.29, 0.717) is 0 Å². The number of unbranched alkanes of at least 4 members (excludes halogenated alkanes) is 2. The highest BCUT2D eigenvalue weighted by Crippen LogP contribution is 2.07. The number of rotatable bonds is 4. The van der Waals surface area contributed by atoms with Crippen molar-refractivity contribution in [1.82, 2.24) is 0 Å². The number of allylic oxidation sites excluding steroid dienone is 1. The minimum atomic E-state index is -0.0390. The van der Waals surface area contributed by atoms with Crippen molar-refractivity contribution in [3.63, 3.8) is 0 Å². The quantitative estimate of drug-likeness (QED) is 0.447. The predicted octanol–water partition coefficient (Wildman–Crippen LogP) is 3.51. The smallest absolute Gasteiger partial charge is 0.0998 e. The van der Waals surface area contributed by atoms with Crippen LogP contribution in [0.5, 0.6) is 0 Å². The Morgan fingerprint density at radius 2 is 1.91 bits per heavy atom. The molecule has 0 aliphatic carbocycles. The zero-order valence-corrected chi connectivity index (χ0v) is 8.18. The summed E-state index contributed by atoms with van der Waals surface area (Å²) in [5.41, 5.74) is -0.0390. The van der Waals surface area contributed by atoms with Crippen LogP contribution in [-0.2, 0) is 4.74 Å². The van der Waals surface area contributed by atoms with Crippen molar-refractivity contribution in [3.05, 3.63) is 12.3 Å². The molecule has 0 aliphatic rings. The minimum absolute atomic E-state index is 0.0390. The van der Waals surface area contributed by atoms with Crippen molar-refractivity contribution < 1.29 is 4.74 Å². The molecule has 0 atom stereocenters. The summed E-state index contributed by atoms with van der Waals surface area (Å²) < 4.78 is 5.40. The minimum Gasteiger partial charge on any atom is -0.496 e. The molecule has 0 N–H and O–H groups in total. The molecule has 0 spiro atoms. The first-order valence-electron chi connectivity index (χ1n) is 4.39. The van der Waals surface area contributed by atoms with E-state index in [1.807, 2.05) is 6.26 Å². The molecule has 66 valence electrons. The van der Waals surface area contributed by atoms with Gasteiger partial charge in [0.15, 0.2) is 0 Å². The molecule has 0 aromatic rings. The van der Waals surface area contributed by atoms with E-state index in [1.54, 1.807) is 0 Å². The molecule has 0 aliphatic heterocycles. The maximum absolute atomic E-state index is 5.40. The molecule has 0 bridgehead atoms. The van der Waals surface area contributed by atoms with Gasteiger partial charge in [-0.3, -0.25) is 0 Å². The van der Waals surface area contributed by atoms with Gasteiger partial charge in [-0.05, 0) is 39.7 Å². The van der Waals surface area contributed by atoms with Crippen LogP contribution >= 0.6 is 0 Å². The standard InChI is InChI=1S/C10H20O/c1-5-6-7-8-9-11-10(2,3)4/h8-9H,5-7H2,1-4H3/b9-8-. The average Bonchev–Trinajstić information content (AvgIpc) is 1.85. The monoisotopic (exact) mass is 156 g/mol. The van der Waals surface area contributed by atoms with Crippen molar-refractivity contribution in [2.45, 2.75) is 52.6 Å². The van der Waals surface area contributed by atoms with E-state index >= 15 is 0 Å².